The number of hydrogen-bond donors (Lipinski definition) is 0. The second-order valence-electron chi connectivity index (χ2n) is 6.71. The van der Waals surface area contributed by atoms with Gasteiger partial charge in [-0.3, -0.25) is 4.79 Å². The van der Waals surface area contributed by atoms with Crippen LogP contribution in [0.25, 0.3) is 5.57 Å². The molecule has 22 heavy (non-hydrogen) atoms. The van der Waals surface area contributed by atoms with Crippen LogP contribution in [0, 0.1) is 22.7 Å². The molecule has 0 aromatic heterocycles. The molecule has 0 aliphatic heterocycles. The van der Waals surface area contributed by atoms with Crippen molar-refractivity contribution in [2.45, 2.75) is 40.5 Å². The molecule has 1 atom stereocenters. The lowest BCUT2D eigenvalue weighted by molar-refractivity contribution is -0.139. The van der Waals surface area contributed by atoms with E-state index in [-0.39, 0.29) is 17.3 Å². The van der Waals surface area contributed by atoms with Gasteiger partial charge >= 0.3 is 5.97 Å². The third-order valence-corrected chi connectivity index (χ3v) is 3.31. The minimum Gasteiger partial charge on any atom is -0.433 e. The monoisotopic (exact) mass is 319 g/mol. The average molecular weight is 320 g/mol. The molecule has 3 nitrogen and oxygen atoms in total. The number of allylic oxidation sites excluding steroid dienone is 1. The Kier molecular flexibility index (Phi) is 6.64. The lowest BCUT2D eigenvalue weighted by Gasteiger charge is -2.22. The van der Waals surface area contributed by atoms with Crippen molar-refractivity contribution >= 4 is 23.1 Å². The van der Waals surface area contributed by atoms with Crippen LogP contribution in [0.5, 0.6) is 0 Å². The van der Waals surface area contributed by atoms with Crippen molar-refractivity contribution in [2.75, 3.05) is 0 Å². The Morgan fingerprint density at radius 2 is 1.95 bits per heavy atom. The summed E-state index contributed by atoms with van der Waals surface area (Å²) in [5.74, 6) is -0.0829. The SMILES string of the molecule is CC(CC(=O)O/C=C(\C#N)c1ccc(Cl)cc1)CC(C)(C)C. The quantitative estimate of drug-likeness (QED) is 0.425. The van der Waals surface area contributed by atoms with E-state index in [0.29, 0.717) is 22.6 Å². The van der Waals surface area contributed by atoms with Crippen LogP contribution in [0.15, 0.2) is 30.5 Å². The van der Waals surface area contributed by atoms with Crippen molar-refractivity contribution in [3.8, 4) is 6.07 Å². The summed E-state index contributed by atoms with van der Waals surface area (Å²) < 4.78 is 5.11. The highest BCUT2D eigenvalue weighted by Crippen LogP contribution is 2.26. The van der Waals surface area contributed by atoms with Crippen LogP contribution >= 0.6 is 11.6 Å². The van der Waals surface area contributed by atoms with Gasteiger partial charge in [0.15, 0.2) is 0 Å². The van der Waals surface area contributed by atoms with E-state index in [1.807, 2.05) is 13.0 Å². The molecule has 0 N–H and O–H groups in total. The van der Waals surface area contributed by atoms with E-state index in [1.54, 1.807) is 24.3 Å². The maximum atomic E-state index is 11.8. The molecule has 1 aromatic rings. The Morgan fingerprint density at radius 1 is 1.36 bits per heavy atom. The molecule has 0 spiro atoms. The lowest BCUT2D eigenvalue weighted by Crippen LogP contribution is -2.14. The van der Waals surface area contributed by atoms with Gasteiger partial charge in [-0.1, -0.05) is 51.4 Å². The number of ether oxygens (including phenoxy) is 1. The highest BCUT2D eigenvalue weighted by Gasteiger charge is 2.18. The summed E-state index contributed by atoms with van der Waals surface area (Å²) in [5.41, 5.74) is 1.15. The number of nitrogens with zero attached hydrogens (tertiary/aromatic N) is 1. The largest absolute Gasteiger partial charge is 0.433 e. The number of carbonyl (C=O) groups is 1. The van der Waals surface area contributed by atoms with Gasteiger partial charge in [-0.2, -0.15) is 5.26 Å². The van der Waals surface area contributed by atoms with Crippen LogP contribution in [-0.4, -0.2) is 5.97 Å². The molecule has 0 aliphatic rings. The summed E-state index contributed by atoms with van der Waals surface area (Å²) in [6, 6.07) is 8.84. The fourth-order valence-corrected chi connectivity index (χ4v) is 2.49. The minimum atomic E-state index is -0.321. The average Bonchev–Trinajstić information content (AvgIpc) is 2.39. The summed E-state index contributed by atoms with van der Waals surface area (Å²) in [4.78, 5) is 11.8. The summed E-state index contributed by atoms with van der Waals surface area (Å²) >= 11 is 5.81. The van der Waals surface area contributed by atoms with Gasteiger partial charge in [-0.15, -0.1) is 0 Å². The van der Waals surface area contributed by atoms with E-state index in [0.717, 1.165) is 6.42 Å². The molecule has 1 unspecified atom stereocenters. The van der Waals surface area contributed by atoms with E-state index in [9.17, 15) is 4.79 Å². The van der Waals surface area contributed by atoms with Crippen LogP contribution in [0.3, 0.4) is 0 Å². The Morgan fingerprint density at radius 3 is 2.45 bits per heavy atom. The van der Waals surface area contributed by atoms with Crippen LogP contribution in [0.2, 0.25) is 5.02 Å². The van der Waals surface area contributed by atoms with Crippen LogP contribution in [-0.2, 0) is 9.53 Å². The van der Waals surface area contributed by atoms with Gasteiger partial charge in [0.2, 0.25) is 0 Å². The Bertz CT molecular complexity index is 577. The van der Waals surface area contributed by atoms with Gasteiger partial charge in [-0.25, -0.2) is 0 Å². The van der Waals surface area contributed by atoms with Crippen molar-refractivity contribution in [1.29, 1.82) is 5.26 Å². The van der Waals surface area contributed by atoms with E-state index in [2.05, 4.69) is 20.8 Å². The van der Waals surface area contributed by atoms with Gasteiger partial charge in [0, 0.05) is 11.4 Å². The maximum Gasteiger partial charge on any atom is 0.310 e. The van der Waals surface area contributed by atoms with Crippen LogP contribution in [0.1, 0.15) is 46.1 Å². The van der Waals surface area contributed by atoms with E-state index in [1.165, 1.54) is 6.26 Å². The number of benzene rings is 1. The number of esters is 1. The van der Waals surface area contributed by atoms with Crippen LogP contribution in [0.4, 0.5) is 0 Å². The number of nitriles is 1. The second-order valence-corrected chi connectivity index (χ2v) is 7.15. The minimum absolute atomic E-state index is 0.177. The molecule has 0 bridgehead atoms. The Balaban J connectivity index is 2.63. The van der Waals surface area contributed by atoms with Crippen molar-refractivity contribution in [2.24, 2.45) is 11.3 Å². The van der Waals surface area contributed by atoms with E-state index in [4.69, 9.17) is 21.6 Å². The molecule has 1 rings (SSSR count). The van der Waals surface area contributed by atoms with Crippen molar-refractivity contribution in [3.63, 3.8) is 0 Å². The zero-order chi connectivity index (χ0) is 16.8. The zero-order valence-corrected chi connectivity index (χ0v) is 14.3. The summed E-state index contributed by atoms with van der Waals surface area (Å²) in [5, 5.41) is 9.75. The Hall–Kier alpha value is -1.79. The maximum absolute atomic E-state index is 11.8. The molecule has 0 saturated carbocycles. The summed E-state index contributed by atoms with van der Waals surface area (Å²) in [7, 11) is 0. The third-order valence-electron chi connectivity index (χ3n) is 3.06. The second kappa shape index (κ2) is 8.00. The molecule has 118 valence electrons. The molecular formula is C18H22ClNO2. The smallest absolute Gasteiger partial charge is 0.310 e. The van der Waals surface area contributed by atoms with Crippen molar-refractivity contribution in [3.05, 3.63) is 41.1 Å². The number of carbonyl (C=O) groups excluding carboxylic acids is 1. The molecule has 0 saturated heterocycles. The lowest BCUT2D eigenvalue weighted by atomic mass is 9.84. The predicted octanol–water partition coefficient (Wildman–Crippen LogP) is 5.21. The van der Waals surface area contributed by atoms with E-state index < -0.39 is 0 Å². The molecule has 0 heterocycles. The molecule has 0 aliphatic carbocycles. The fourth-order valence-electron chi connectivity index (χ4n) is 2.36. The standard InChI is InChI=1S/C18H22ClNO2/c1-13(10-18(2,3)4)9-17(21)22-12-15(11-20)14-5-7-16(19)8-6-14/h5-8,12-13H,9-10H2,1-4H3/b15-12+. The zero-order valence-electron chi connectivity index (χ0n) is 13.5. The van der Waals surface area contributed by atoms with Gasteiger partial charge in [-0.05, 0) is 35.4 Å². The summed E-state index contributed by atoms with van der Waals surface area (Å²) in [6.07, 6.45) is 2.50. The van der Waals surface area contributed by atoms with Crippen molar-refractivity contribution in [1.82, 2.24) is 0 Å². The molecule has 4 heteroatoms. The van der Waals surface area contributed by atoms with Gasteiger partial charge < -0.3 is 4.74 Å². The number of hydrogen-bond acceptors (Lipinski definition) is 3. The first-order chi connectivity index (χ1) is 10.2. The molecule has 1 aromatic carbocycles. The highest BCUT2D eigenvalue weighted by molar-refractivity contribution is 6.30. The van der Waals surface area contributed by atoms with Gasteiger partial charge in [0.25, 0.3) is 0 Å². The van der Waals surface area contributed by atoms with E-state index >= 15 is 0 Å². The normalized spacial score (nSPS) is 13.4. The topological polar surface area (TPSA) is 50.1 Å². The number of halogens is 1. The van der Waals surface area contributed by atoms with Gasteiger partial charge in [0.05, 0.1) is 5.57 Å². The molecule has 0 amide bonds. The third kappa shape index (κ3) is 6.78. The first kappa shape index (κ1) is 18.3. The number of rotatable bonds is 5. The van der Waals surface area contributed by atoms with Gasteiger partial charge in [0.1, 0.15) is 12.3 Å². The van der Waals surface area contributed by atoms with Crippen LogP contribution < -0.4 is 0 Å². The molecule has 0 fully saturated rings. The first-order valence-electron chi connectivity index (χ1n) is 7.27. The fraction of sp³-hybridized carbons (Fsp3) is 0.444. The molecule has 0 radical (unpaired) electrons. The van der Waals surface area contributed by atoms with Crippen molar-refractivity contribution < 1.29 is 9.53 Å². The predicted molar refractivity (Wildman–Crippen MR) is 89.0 cm³/mol. The first-order valence-corrected chi connectivity index (χ1v) is 7.65. The molecular weight excluding hydrogens is 298 g/mol. The summed E-state index contributed by atoms with van der Waals surface area (Å²) in [6.45, 7) is 8.45. The Labute approximate surface area is 137 Å². The highest BCUT2D eigenvalue weighted by atomic mass is 35.5.